The molecule has 1 aromatic carbocycles. The Bertz CT molecular complexity index is 776. The number of aliphatic hydroxyl groups excluding tert-OH is 1. The zero-order valence-electron chi connectivity index (χ0n) is 10.8. The molecule has 7 heteroatoms. The molecule has 0 saturated heterocycles. The Kier molecular flexibility index (Phi) is 4.01. The van der Waals surface area contributed by atoms with Gasteiger partial charge in [0, 0.05) is 17.5 Å². The summed E-state index contributed by atoms with van der Waals surface area (Å²) in [5.74, 6) is 0.288. The molecule has 0 radical (unpaired) electrons. The Morgan fingerprint density at radius 3 is 2.71 bits per heavy atom. The van der Waals surface area contributed by atoms with Gasteiger partial charge in [-0.3, -0.25) is 0 Å². The van der Waals surface area contributed by atoms with Crippen molar-refractivity contribution in [2.75, 3.05) is 18.5 Å². The van der Waals surface area contributed by atoms with E-state index >= 15 is 0 Å². The Morgan fingerprint density at radius 1 is 1.24 bits per heavy atom. The van der Waals surface area contributed by atoms with Crippen molar-refractivity contribution < 1.29 is 9.50 Å². The lowest BCUT2D eigenvalue weighted by Crippen LogP contribution is -2.07. The fourth-order valence-electron chi connectivity index (χ4n) is 2.06. The smallest absolute Gasteiger partial charge is 0.225 e. The highest BCUT2D eigenvalue weighted by Gasteiger charge is 2.14. The van der Waals surface area contributed by atoms with Crippen molar-refractivity contribution in [1.29, 1.82) is 0 Å². The molecular formula is C14H11ClFN3OS. The molecule has 0 aliphatic carbocycles. The van der Waals surface area contributed by atoms with Gasteiger partial charge in [-0.25, -0.2) is 14.4 Å². The first kappa shape index (κ1) is 14.2. The minimum Gasteiger partial charge on any atom is -0.395 e. The van der Waals surface area contributed by atoms with Gasteiger partial charge in [0.1, 0.15) is 16.5 Å². The number of benzene rings is 1. The molecule has 0 bridgehead atoms. The predicted octanol–water partition coefficient (Wildman–Crippen LogP) is 3.56. The van der Waals surface area contributed by atoms with Crippen molar-refractivity contribution in [3.05, 3.63) is 40.7 Å². The van der Waals surface area contributed by atoms with Crippen LogP contribution in [0.25, 0.3) is 21.3 Å². The average Bonchev–Trinajstić information content (AvgIpc) is 2.89. The molecule has 0 spiro atoms. The van der Waals surface area contributed by atoms with Gasteiger partial charge in [-0.15, -0.1) is 11.3 Å². The molecule has 4 nitrogen and oxygen atoms in total. The van der Waals surface area contributed by atoms with Crippen LogP contribution in [0.4, 0.5) is 10.2 Å². The number of hydrogen-bond donors (Lipinski definition) is 2. The summed E-state index contributed by atoms with van der Waals surface area (Å²) in [6.07, 6.45) is 0. The van der Waals surface area contributed by atoms with Gasteiger partial charge in [-0.05, 0) is 29.3 Å². The van der Waals surface area contributed by atoms with Gasteiger partial charge < -0.3 is 10.4 Å². The maximum Gasteiger partial charge on any atom is 0.225 e. The highest BCUT2D eigenvalue weighted by atomic mass is 35.5. The van der Waals surface area contributed by atoms with E-state index in [-0.39, 0.29) is 17.7 Å². The average molecular weight is 324 g/mol. The van der Waals surface area contributed by atoms with Gasteiger partial charge >= 0.3 is 0 Å². The Labute approximate surface area is 129 Å². The van der Waals surface area contributed by atoms with E-state index in [9.17, 15) is 4.39 Å². The number of aliphatic hydroxyl groups is 1. The van der Waals surface area contributed by atoms with E-state index in [1.165, 1.54) is 23.5 Å². The van der Waals surface area contributed by atoms with Crippen LogP contribution in [-0.4, -0.2) is 28.2 Å². The summed E-state index contributed by atoms with van der Waals surface area (Å²) < 4.78 is 13.1. The zero-order valence-corrected chi connectivity index (χ0v) is 12.4. The van der Waals surface area contributed by atoms with Gasteiger partial charge in [0.25, 0.3) is 0 Å². The lowest BCUT2D eigenvalue weighted by molar-refractivity contribution is 0.311. The van der Waals surface area contributed by atoms with E-state index in [1.807, 2.05) is 5.38 Å². The number of nitrogens with zero attached hydrogens (tertiary/aromatic N) is 2. The molecule has 108 valence electrons. The van der Waals surface area contributed by atoms with Gasteiger partial charge in [-0.2, -0.15) is 0 Å². The lowest BCUT2D eigenvalue weighted by Gasteiger charge is -2.07. The Balaban J connectivity index is 2.17. The predicted molar refractivity (Wildman–Crippen MR) is 83.4 cm³/mol. The van der Waals surface area contributed by atoms with Crippen LogP contribution in [0.2, 0.25) is 5.28 Å². The number of fused-ring (bicyclic) bond motifs is 1. The first-order chi connectivity index (χ1) is 10.2. The molecule has 2 N–H and O–H groups in total. The van der Waals surface area contributed by atoms with Crippen molar-refractivity contribution in [2.24, 2.45) is 0 Å². The van der Waals surface area contributed by atoms with Crippen LogP contribution in [0, 0.1) is 5.82 Å². The van der Waals surface area contributed by atoms with E-state index < -0.39 is 0 Å². The molecule has 0 aliphatic rings. The van der Waals surface area contributed by atoms with Gasteiger partial charge in [0.05, 0.1) is 12.0 Å². The van der Waals surface area contributed by atoms with E-state index in [0.717, 1.165) is 21.3 Å². The van der Waals surface area contributed by atoms with E-state index in [4.69, 9.17) is 16.7 Å². The topological polar surface area (TPSA) is 58.0 Å². The number of anilines is 1. The van der Waals surface area contributed by atoms with Crippen molar-refractivity contribution in [3.8, 4) is 11.1 Å². The maximum atomic E-state index is 13.1. The first-order valence-electron chi connectivity index (χ1n) is 6.24. The van der Waals surface area contributed by atoms with Gasteiger partial charge in [-0.1, -0.05) is 12.1 Å². The summed E-state index contributed by atoms with van der Waals surface area (Å²) in [7, 11) is 0. The van der Waals surface area contributed by atoms with Crippen LogP contribution in [0.15, 0.2) is 29.6 Å². The van der Waals surface area contributed by atoms with E-state index in [0.29, 0.717) is 12.4 Å². The SMILES string of the molecule is OCCNc1nc(Cl)nc2scc(-c3ccc(F)cc3)c12. The fraction of sp³-hybridized carbons (Fsp3) is 0.143. The van der Waals surface area contributed by atoms with E-state index in [2.05, 4.69) is 15.3 Å². The second-order valence-corrected chi connectivity index (χ2v) is 5.52. The molecule has 0 saturated carbocycles. The quantitative estimate of drug-likeness (QED) is 0.721. The van der Waals surface area contributed by atoms with Crippen LogP contribution in [0.3, 0.4) is 0 Å². The van der Waals surface area contributed by atoms with Gasteiger partial charge in [0.2, 0.25) is 5.28 Å². The molecule has 0 aliphatic heterocycles. The summed E-state index contributed by atoms with van der Waals surface area (Å²) in [6.45, 7) is 0.348. The Hall–Kier alpha value is -1.76. The minimum atomic E-state index is -0.281. The summed E-state index contributed by atoms with van der Waals surface area (Å²) >= 11 is 7.35. The highest BCUT2D eigenvalue weighted by Crippen LogP contribution is 2.37. The minimum absolute atomic E-state index is 0.0147. The van der Waals surface area contributed by atoms with Crippen molar-refractivity contribution in [2.45, 2.75) is 0 Å². The Morgan fingerprint density at radius 2 is 2.00 bits per heavy atom. The summed E-state index contributed by atoms with van der Waals surface area (Å²) in [6, 6.07) is 6.25. The zero-order chi connectivity index (χ0) is 14.8. The standard InChI is InChI=1S/C14H11ClFN3OS/c15-14-18-12(17-5-6-20)11-10(7-21-13(11)19-14)8-1-3-9(16)4-2-8/h1-4,7,20H,5-6H2,(H,17,18,19). The van der Waals surface area contributed by atoms with Crippen LogP contribution >= 0.6 is 22.9 Å². The molecule has 0 unspecified atom stereocenters. The fourth-order valence-corrected chi connectivity index (χ4v) is 3.23. The number of halogens is 2. The van der Waals surface area contributed by atoms with Crippen LogP contribution in [0.1, 0.15) is 0 Å². The third kappa shape index (κ3) is 2.83. The number of nitrogens with one attached hydrogen (secondary N) is 1. The molecular weight excluding hydrogens is 313 g/mol. The molecule has 0 fully saturated rings. The maximum absolute atomic E-state index is 13.1. The van der Waals surface area contributed by atoms with E-state index in [1.54, 1.807) is 12.1 Å². The first-order valence-corrected chi connectivity index (χ1v) is 7.50. The second kappa shape index (κ2) is 5.93. The third-order valence-corrected chi connectivity index (χ3v) is 4.01. The highest BCUT2D eigenvalue weighted by molar-refractivity contribution is 7.17. The molecule has 0 atom stereocenters. The summed E-state index contributed by atoms with van der Waals surface area (Å²) in [4.78, 5) is 9.13. The molecule has 2 aromatic heterocycles. The van der Waals surface area contributed by atoms with Crippen LogP contribution in [0.5, 0.6) is 0 Å². The number of aromatic nitrogens is 2. The molecule has 2 heterocycles. The van der Waals surface area contributed by atoms with Crippen molar-refractivity contribution in [1.82, 2.24) is 9.97 Å². The summed E-state index contributed by atoms with van der Waals surface area (Å²) in [5, 5.41) is 14.9. The number of hydrogen-bond acceptors (Lipinski definition) is 5. The lowest BCUT2D eigenvalue weighted by atomic mass is 10.1. The summed E-state index contributed by atoms with van der Waals surface area (Å²) in [5.41, 5.74) is 1.78. The second-order valence-electron chi connectivity index (χ2n) is 4.33. The van der Waals surface area contributed by atoms with Crippen molar-refractivity contribution >= 4 is 39.0 Å². The molecule has 0 amide bonds. The normalized spacial score (nSPS) is 11.0. The third-order valence-electron chi connectivity index (χ3n) is 2.97. The largest absolute Gasteiger partial charge is 0.395 e. The monoisotopic (exact) mass is 323 g/mol. The van der Waals surface area contributed by atoms with Crippen molar-refractivity contribution in [3.63, 3.8) is 0 Å². The number of thiophene rings is 1. The molecule has 3 aromatic rings. The van der Waals surface area contributed by atoms with Crippen LogP contribution in [-0.2, 0) is 0 Å². The number of rotatable bonds is 4. The molecule has 3 rings (SSSR count). The molecule has 21 heavy (non-hydrogen) atoms. The van der Waals surface area contributed by atoms with Crippen LogP contribution < -0.4 is 5.32 Å². The van der Waals surface area contributed by atoms with Gasteiger partial charge in [0.15, 0.2) is 0 Å².